The van der Waals surface area contributed by atoms with Crippen LogP contribution in [0.4, 0.5) is 5.69 Å². The first-order valence-electron chi connectivity index (χ1n) is 7.44. The van der Waals surface area contributed by atoms with E-state index in [0.29, 0.717) is 0 Å². The van der Waals surface area contributed by atoms with Crippen molar-refractivity contribution in [3.8, 4) is 10.6 Å². The zero-order valence-electron chi connectivity index (χ0n) is 13.4. The lowest BCUT2D eigenvalue weighted by Gasteiger charge is -2.12. The summed E-state index contributed by atoms with van der Waals surface area (Å²) in [5, 5.41) is 5.91. The summed E-state index contributed by atoms with van der Waals surface area (Å²) in [7, 11) is 0. The SMILES string of the molecule is Cc1cc(C)c(C(=O)Nc2ccc(-c3nccs3)cc2)c(C)c1. The Balaban J connectivity index is 1.81. The number of hydrogen-bond donors (Lipinski definition) is 1. The van der Waals surface area contributed by atoms with Crippen molar-refractivity contribution in [2.24, 2.45) is 0 Å². The second-order valence-electron chi connectivity index (χ2n) is 5.64. The summed E-state index contributed by atoms with van der Waals surface area (Å²) in [6, 6.07) is 11.8. The Kier molecular flexibility index (Phi) is 4.26. The molecule has 4 heteroatoms. The van der Waals surface area contributed by atoms with Crippen LogP contribution in [0, 0.1) is 20.8 Å². The number of anilines is 1. The van der Waals surface area contributed by atoms with E-state index in [-0.39, 0.29) is 5.91 Å². The minimum atomic E-state index is -0.0676. The van der Waals surface area contributed by atoms with Crippen LogP contribution < -0.4 is 5.32 Å². The predicted octanol–water partition coefficient (Wildman–Crippen LogP) is 4.99. The Labute approximate surface area is 140 Å². The molecule has 0 fully saturated rings. The molecule has 0 saturated carbocycles. The monoisotopic (exact) mass is 322 g/mol. The lowest BCUT2D eigenvalue weighted by atomic mass is 9.99. The molecule has 1 aromatic heterocycles. The summed E-state index contributed by atoms with van der Waals surface area (Å²) in [6.07, 6.45) is 1.79. The van der Waals surface area contributed by atoms with Gasteiger partial charge in [0.05, 0.1) is 0 Å². The van der Waals surface area contributed by atoms with Gasteiger partial charge in [0.2, 0.25) is 0 Å². The molecule has 23 heavy (non-hydrogen) atoms. The van der Waals surface area contributed by atoms with Crippen LogP contribution in [0.1, 0.15) is 27.0 Å². The predicted molar refractivity (Wildman–Crippen MR) is 96.2 cm³/mol. The quantitative estimate of drug-likeness (QED) is 0.738. The van der Waals surface area contributed by atoms with Crippen LogP contribution in [-0.4, -0.2) is 10.9 Å². The molecule has 1 N–H and O–H groups in total. The summed E-state index contributed by atoms with van der Waals surface area (Å²) in [5.74, 6) is -0.0676. The van der Waals surface area contributed by atoms with Gasteiger partial charge in [0.15, 0.2) is 0 Å². The average Bonchev–Trinajstić information content (AvgIpc) is 3.01. The number of rotatable bonds is 3. The van der Waals surface area contributed by atoms with Crippen LogP contribution in [-0.2, 0) is 0 Å². The van der Waals surface area contributed by atoms with Crippen LogP contribution in [0.3, 0.4) is 0 Å². The van der Waals surface area contributed by atoms with Gasteiger partial charge in [-0.25, -0.2) is 4.98 Å². The van der Waals surface area contributed by atoms with E-state index >= 15 is 0 Å². The zero-order valence-corrected chi connectivity index (χ0v) is 14.2. The molecular formula is C19H18N2OS. The number of aromatic nitrogens is 1. The summed E-state index contributed by atoms with van der Waals surface area (Å²) in [4.78, 5) is 16.8. The van der Waals surface area contributed by atoms with E-state index in [9.17, 15) is 4.79 Å². The van der Waals surface area contributed by atoms with Gasteiger partial charge in [0.1, 0.15) is 5.01 Å². The van der Waals surface area contributed by atoms with E-state index < -0.39 is 0 Å². The average molecular weight is 322 g/mol. The van der Waals surface area contributed by atoms with E-state index in [1.165, 1.54) is 5.56 Å². The third-order valence-electron chi connectivity index (χ3n) is 3.73. The number of benzene rings is 2. The zero-order chi connectivity index (χ0) is 16.4. The smallest absolute Gasteiger partial charge is 0.256 e. The molecule has 0 saturated heterocycles. The minimum Gasteiger partial charge on any atom is -0.322 e. The molecule has 0 aliphatic rings. The van der Waals surface area contributed by atoms with E-state index in [1.807, 2.05) is 62.5 Å². The highest BCUT2D eigenvalue weighted by Gasteiger charge is 2.13. The van der Waals surface area contributed by atoms with Gasteiger partial charge in [-0.1, -0.05) is 17.7 Å². The van der Waals surface area contributed by atoms with Crippen molar-refractivity contribution in [3.63, 3.8) is 0 Å². The van der Waals surface area contributed by atoms with Gasteiger partial charge in [-0.05, 0) is 56.2 Å². The van der Waals surface area contributed by atoms with Crippen LogP contribution in [0.25, 0.3) is 10.6 Å². The Morgan fingerprint density at radius 2 is 1.70 bits per heavy atom. The van der Waals surface area contributed by atoms with Gasteiger partial charge in [0, 0.05) is 28.4 Å². The molecule has 1 heterocycles. The Morgan fingerprint density at radius 3 is 2.26 bits per heavy atom. The fourth-order valence-electron chi connectivity index (χ4n) is 2.79. The second kappa shape index (κ2) is 6.34. The number of amides is 1. The maximum atomic E-state index is 12.6. The molecule has 2 aromatic carbocycles. The number of nitrogens with one attached hydrogen (secondary N) is 1. The summed E-state index contributed by atoms with van der Waals surface area (Å²) in [6.45, 7) is 5.99. The molecule has 0 spiro atoms. The summed E-state index contributed by atoms with van der Waals surface area (Å²) < 4.78 is 0. The van der Waals surface area contributed by atoms with Crippen molar-refractivity contribution >= 4 is 22.9 Å². The van der Waals surface area contributed by atoms with Gasteiger partial charge >= 0.3 is 0 Å². The van der Waals surface area contributed by atoms with Crippen molar-refractivity contribution < 1.29 is 4.79 Å². The third kappa shape index (κ3) is 3.32. The molecule has 0 unspecified atom stereocenters. The first-order valence-corrected chi connectivity index (χ1v) is 8.31. The Hall–Kier alpha value is -2.46. The normalized spacial score (nSPS) is 10.6. The maximum Gasteiger partial charge on any atom is 0.256 e. The van der Waals surface area contributed by atoms with Crippen molar-refractivity contribution in [1.29, 1.82) is 0 Å². The van der Waals surface area contributed by atoms with Crippen LogP contribution >= 0.6 is 11.3 Å². The molecule has 0 aliphatic carbocycles. The maximum absolute atomic E-state index is 12.6. The van der Waals surface area contributed by atoms with E-state index in [2.05, 4.69) is 10.3 Å². The highest BCUT2D eigenvalue weighted by atomic mass is 32.1. The van der Waals surface area contributed by atoms with Gasteiger partial charge in [-0.15, -0.1) is 11.3 Å². The van der Waals surface area contributed by atoms with E-state index in [4.69, 9.17) is 0 Å². The Bertz CT molecular complexity index is 813. The van der Waals surface area contributed by atoms with Gasteiger partial charge < -0.3 is 5.32 Å². The Morgan fingerprint density at radius 1 is 1.04 bits per heavy atom. The largest absolute Gasteiger partial charge is 0.322 e. The highest BCUT2D eigenvalue weighted by Crippen LogP contribution is 2.24. The molecule has 3 rings (SSSR count). The second-order valence-corrected chi connectivity index (χ2v) is 6.54. The first-order chi connectivity index (χ1) is 11.0. The van der Waals surface area contributed by atoms with Crippen molar-refractivity contribution in [2.75, 3.05) is 5.32 Å². The molecule has 0 bridgehead atoms. The molecule has 3 aromatic rings. The molecule has 0 aliphatic heterocycles. The summed E-state index contributed by atoms with van der Waals surface area (Å²) >= 11 is 1.60. The number of carbonyl (C=O) groups excluding carboxylic acids is 1. The van der Waals surface area contributed by atoms with Crippen LogP contribution in [0.5, 0.6) is 0 Å². The lowest BCUT2D eigenvalue weighted by Crippen LogP contribution is -2.15. The fourth-order valence-corrected chi connectivity index (χ4v) is 3.44. The molecular weight excluding hydrogens is 304 g/mol. The van der Waals surface area contributed by atoms with Gasteiger partial charge in [-0.3, -0.25) is 4.79 Å². The van der Waals surface area contributed by atoms with E-state index in [0.717, 1.165) is 32.9 Å². The molecule has 3 nitrogen and oxygen atoms in total. The fraction of sp³-hybridized carbons (Fsp3) is 0.158. The number of aryl methyl sites for hydroxylation is 3. The summed E-state index contributed by atoms with van der Waals surface area (Å²) in [5.41, 5.74) is 5.76. The molecule has 116 valence electrons. The van der Waals surface area contributed by atoms with E-state index in [1.54, 1.807) is 17.5 Å². The van der Waals surface area contributed by atoms with Gasteiger partial charge in [0.25, 0.3) is 5.91 Å². The lowest BCUT2D eigenvalue weighted by molar-refractivity contribution is 0.102. The van der Waals surface area contributed by atoms with Crippen LogP contribution in [0.2, 0.25) is 0 Å². The van der Waals surface area contributed by atoms with Crippen molar-refractivity contribution in [3.05, 3.63) is 70.2 Å². The third-order valence-corrected chi connectivity index (χ3v) is 4.55. The number of hydrogen-bond acceptors (Lipinski definition) is 3. The molecule has 0 atom stereocenters. The minimum absolute atomic E-state index is 0.0676. The molecule has 0 radical (unpaired) electrons. The van der Waals surface area contributed by atoms with Gasteiger partial charge in [-0.2, -0.15) is 0 Å². The van der Waals surface area contributed by atoms with Crippen molar-refractivity contribution in [1.82, 2.24) is 4.98 Å². The number of nitrogens with zero attached hydrogens (tertiary/aromatic N) is 1. The first kappa shape index (κ1) is 15.4. The standard InChI is InChI=1S/C19H18N2OS/c1-12-10-13(2)17(14(3)11-12)18(22)21-16-6-4-15(5-7-16)19-20-8-9-23-19/h4-11H,1-3H3,(H,21,22). The number of carbonyl (C=O) groups is 1. The molecule has 1 amide bonds. The van der Waals surface area contributed by atoms with Crippen molar-refractivity contribution in [2.45, 2.75) is 20.8 Å². The number of thiazole rings is 1. The highest BCUT2D eigenvalue weighted by molar-refractivity contribution is 7.13. The topological polar surface area (TPSA) is 42.0 Å². The van der Waals surface area contributed by atoms with Crippen LogP contribution in [0.15, 0.2) is 48.0 Å².